The summed E-state index contributed by atoms with van der Waals surface area (Å²) in [5.74, 6) is 1.61. The van der Waals surface area contributed by atoms with E-state index in [1.807, 2.05) is 12.1 Å². The number of methoxy groups -OCH3 is 2. The number of ether oxygens (including phenoxy) is 3. The van der Waals surface area contributed by atoms with Gasteiger partial charge in [-0.2, -0.15) is 0 Å². The largest absolute Gasteiger partial charge is 0.497 e. The third-order valence-corrected chi connectivity index (χ3v) is 3.84. The van der Waals surface area contributed by atoms with Gasteiger partial charge in [0.2, 0.25) is 0 Å². The summed E-state index contributed by atoms with van der Waals surface area (Å²) < 4.78 is 15.5. The summed E-state index contributed by atoms with van der Waals surface area (Å²) in [6.45, 7) is 3.02. The second kappa shape index (κ2) is 8.25. The molecule has 1 aromatic rings. The second-order valence-electron chi connectivity index (χ2n) is 5.20. The van der Waals surface area contributed by atoms with Gasteiger partial charge in [-0.05, 0) is 36.5 Å². The quantitative estimate of drug-likeness (QED) is 0.703. The summed E-state index contributed by atoms with van der Waals surface area (Å²) in [4.78, 5) is 0. The highest BCUT2D eigenvalue weighted by molar-refractivity contribution is 5.30. The van der Waals surface area contributed by atoms with Gasteiger partial charge in [0, 0.05) is 19.7 Å². The van der Waals surface area contributed by atoms with Crippen LogP contribution in [-0.4, -0.2) is 46.6 Å². The smallest absolute Gasteiger partial charge is 0.118 e. The highest BCUT2D eigenvalue weighted by Crippen LogP contribution is 2.37. The normalized spacial score (nSPS) is 21.5. The Morgan fingerprint density at radius 3 is 2.45 bits per heavy atom. The monoisotopic (exact) mass is 279 g/mol. The topological polar surface area (TPSA) is 39.7 Å². The van der Waals surface area contributed by atoms with E-state index in [0.29, 0.717) is 25.2 Å². The van der Waals surface area contributed by atoms with Gasteiger partial charge in [0.1, 0.15) is 5.75 Å². The van der Waals surface area contributed by atoms with E-state index >= 15 is 0 Å². The molecule has 2 rings (SSSR count). The molecule has 4 nitrogen and oxygen atoms in total. The van der Waals surface area contributed by atoms with Crippen molar-refractivity contribution < 1.29 is 14.2 Å². The number of hydrogen-bond donors (Lipinski definition) is 1. The lowest BCUT2D eigenvalue weighted by Gasteiger charge is -2.36. The first-order valence-electron chi connectivity index (χ1n) is 7.27. The molecule has 112 valence electrons. The van der Waals surface area contributed by atoms with E-state index in [9.17, 15) is 0 Å². The standard InChI is InChI=1S/C16H25NO3/c1-18-9-10-20-8-7-17-15-11-14(12-15)13-3-5-16(19-2)6-4-13/h3-6,14-15,17H,7-12H2,1-2H3. The summed E-state index contributed by atoms with van der Waals surface area (Å²) >= 11 is 0. The maximum Gasteiger partial charge on any atom is 0.118 e. The molecule has 20 heavy (non-hydrogen) atoms. The SMILES string of the molecule is COCCOCCNC1CC(c2ccc(OC)cc2)C1. The van der Waals surface area contributed by atoms with E-state index < -0.39 is 0 Å². The number of benzene rings is 1. The van der Waals surface area contributed by atoms with Crippen molar-refractivity contribution >= 4 is 0 Å². The molecular weight excluding hydrogens is 254 g/mol. The molecule has 0 amide bonds. The fourth-order valence-electron chi connectivity index (χ4n) is 2.51. The molecule has 0 saturated heterocycles. The summed E-state index contributed by atoms with van der Waals surface area (Å²) in [5.41, 5.74) is 1.42. The Balaban J connectivity index is 1.57. The van der Waals surface area contributed by atoms with Gasteiger partial charge >= 0.3 is 0 Å². The summed E-state index contributed by atoms with van der Waals surface area (Å²) in [5, 5.41) is 3.53. The van der Waals surface area contributed by atoms with Crippen LogP contribution in [0.5, 0.6) is 5.75 Å². The molecule has 0 spiro atoms. The van der Waals surface area contributed by atoms with Crippen molar-refractivity contribution in [3.8, 4) is 5.75 Å². The molecule has 0 atom stereocenters. The maximum atomic E-state index is 5.43. The Labute approximate surface area is 121 Å². The zero-order valence-electron chi connectivity index (χ0n) is 12.4. The predicted octanol–water partition coefficient (Wildman–Crippen LogP) is 2.19. The molecule has 0 aromatic heterocycles. The zero-order valence-corrected chi connectivity index (χ0v) is 12.4. The maximum absolute atomic E-state index is 5.43. The molecule has 1 N–H and O–H groups in total. The van der Waals surface area contributed by atoms with E-state index in [-0.39, 0.29) is 0 Å². The second-order valence-corrected chi connectivity index (χ2v) is 5.20. The lowest BCUT2D eigenvalue weighted by atomic mass is 9.76. The third kappa shape index (κ3) is 4.47. The van der Waals surface area contributed by atoms with Crippen LogP contribution in [0.25, 0.3) is 0 Å². The number of rotatable bonds is 9. The molecule has 4 heteroatoms. The minimum absolute atomic E-state index is 0.633. The van der Waals surface area contributed by atoms with Gasteiger partial charge in [0.05, 0.1) is 26.9 Å². The number of nitrogens with one attached hydrogen (secondary N) is 1. The highest BCUT2D eigenvalue weighted by Gasteiger charge is 2.29. The minimum atomic E-state index is 0.633. The Morgan fingerprint density at radius 1 is 1.05 bits per heavy atom. The van der Waals surface area contributed by atoms with Crippen LogP contribution in [0, 0.1) is 0 Å². The van der Waals surface area contributed by atoms with Crippen molar-refractivity contribution in [2.45, 2.75) is 24.8 Å². The summed E-state index contributed by atoms with van der Waals surface area (Å²) in [6.07, 6.45) is 2.43. The molecule has 1 aliphatic carbocycles. The molecule has 0 aliphatic heterocycles. The molecular formula is C16H25NO3. The van der Waals surface area contributed by atoms with Gasteiger partial charge in [-0.25, -0.2) is 0 Å². The average Bonchev–Trinajstić information content (AvgIpc) is 2.45. The summed E-state index contributed by atoms with van der Waals surface area (Å²) in [7, 11) is 3.39. The van der Waals surface area contributed by atoms with Gasteiger partial charge in [0.15, 0.2) is 0 Å². The fourth-order valence-corrected chi connectivity index (χ4v) is 2.51. The molecule has 0 radical (unpaired) electrons. The van der Waals surface area contributed by atoms with Crippen LogP contribution < -0.4 is 10.1 Å². The predicted molar refractivity (Wildman–Crippen MR) is 79.5 cm³/mol. The molecule has 0 unspecified atom stereocenters. The van der Waals surface area contributed by atoms with Gasteiger partial charge in [0.25, 0.3) is 0 Å². The van der Waals surface area contributed by atoms with Crippen molar-refractivity contribution in [3.05, 3.63) is 29.8 Å². The van der Waals surface area contributed by atoms with Gasteiger partial charge in [-0.15, -0.1) is 0 Å². The van der Waals surface area contributed by atoms with E-state index in [1.165, 1.54) is 18.4 Å². The van der Waals surface area contributed by atoms with Crippen LogP contribution in [0.1, 0.15) is 24.3 Å². The Morgan fingerprint density at radius 2 is 1.80 bits per heavy atom. The van der Waals surface area contributed by atoms with Crippen molar-refractivity contribution in [1.82, 2.24) is 5.32 Å². The van der Waals surface area contributed by atoms with Gasteiger partial charge < -0.3 is 19.5 Å². The van der Waals surface area contributed by atoms with Crippen LogP contribution in [-0.2, 0) is 9.47 Å². The van der Waals surface area contributed by atoms with Crippen LogP contribution in [0.15, 0.2) is 24.3 Å². The number of hydrogen-bond acceptors (Lipinski definition) is 4. The van der Waals surface area contributed by atoms with Crippen molar-refractivity contribution in [1.29, 1.82) is 0 Å². The fraction of sp³-hybridized carbons (Fsp3) is 0.625. The molecule has 0 bridgehead atoms. The van der Waals surface area contributed by atoms with E-state index in [4.69, 9.17) is 14.2 Å². The van der Waals surface area contributed by atoms with Crippen molar-refractivity contribution in [2.24, 2.45) is 0 Å². The Kier molecular flexibility index (Phi) is 6.30. The summed E-state index contributed by atoms with van der Waals surface area (Å²) in [6, 6.07) is 9.06. The first kappa shape index (κ1) is 15.3. The van der Waals surface area contributed by atoms with Crippen LogP contribution in [0.3, 0.4) is 0 Å². The Hall–Kier alpha value is -1.10. The Bertz CT molecular complexity index is 374. The van der Waals surface area contributed by atoms with E-state index in [1.54, 1.807) is 14.2 Å². The molecule has 1 aromatic carbocycles. The van der Waals surface area contributed by atoms with Crippen LogP contribution in [0.2, 0.25) is 0 Å². The van der Waals surface area contributed by atoms with Gasteiger partial charge in [-0.3, -0.25) is 0 Å². The first-order chi connectivity index (χ1) is 9.83. The zero-order chi connectivity index (χ0) is 14.2. The molecule has 1 saturated carbocycles. The minimum Gasteiger partial charge on any atom is -0.497 e. The van der Waals surface area contributed by atoms with E-state index in [0.717, 1.165) is 18.9 Å². The highest BCUT2D eigenvalue weighted by atomic mass is 16.5. The van der Waals surface area contributed by atoms with Crippen LogP contribution in [0.4, 0.5) is 0 Å². The van der Waals surface area contributed by atoms with Gasteiger partial charge in [-0.1, -0.05) is 12.1 Å². The third-order valence-electron chi connectivity index (χ3n) is 3.84. The first-order valence-corrected chi connectivity index (χ1v) is 7.27. The average molecular weight is 279 g/mol. The lowest BCUT2D eigenvalue weighted by molar-refractivity contribution is 0.0694. The van der Waals surface area contributed by atoms with Crippen molar-refractivity contribution in [2.75, 3.05) is 40.6 Å². The van der Waals surface area contributed by atoms with Crippen molar-refractivity contribution in [3.63, 3.8) is 0 Å². The lowest BCUT2D eigenvalue weighted by Crippen LogP contribution is -2.41. The van der Waals surface area contributed by atoms with Crippen LogP contribution >= 0.6 is 0 Å². The molecule has 1 aliphatic rings. The molecule has 1 fully saturated rings. The molecule has 0 heterocycles. The van der Waals surface area contributed by atoms with E-state index in [2.05, 4.69) is 17.4 Å².